The number of hydrogen-bond acceptors (Lipinski definition) is 3. The first-order chi connectivity index (χ1) is 8.75. The number of hydrogen-bond donors (Lipinski definition) is 1. The van der Waals surface area contributed by atoms with E-state index in [-0.39, 0.29) is 0 Å². The summed E-state index contributed by atoms with van der Waals surface area (Å²) in [5.41, 5.74) is 6.35. The van der Waals surface area contributed by atoms with Gasteiger partial charge >= 0.3 is 0 Å². The predicted octanol–water partition coefficient (Wildman–Crippen LogP) is 3.49. The van der Waals surface area contributed by atoms with Crippen molar-refractivity contribution in [3.8, 4) is 11.5 Å². The first-order valence-electron chi connectivity index (χ1n) is 5.61. The molecule has 4 heteroatoms. The lowest BCUT2D eigenvalue weighted by molar-refractivity contribution is 0.216. The molecule has 0 atom stereocenters. The van der Waals surface area contributed by atoms with Crippen molar-refractivity contribution in [2.24, 2.45) is 0 Å². The minimum Gasteiger partial charge on any atom is -0.490 e. The van der Waals surface area contributed by atoms with E-state index in [4.69, 9.17) is 15.2 Å². The summed E-state index contributed by atoms with van der Waals surface area (Å²) in [6.07, 6.45) is 0. The Morgan fingerprint density at radius 2 is 1.72 bits per heavy atom. The minimum absolute atomic E-state index is 0.477. The molecule has 0 fully saturated rings. The van der Waals surface area contributed by atoms with Crippen LogP contribution in [-0.2, 0) is 0 Å². The van der Waals surface area contributed by atoms with Gasteiger partial charge in [0.1, 0.15) is 24.7 Å². The molecule has 94 valence electrons. The Labute approximate surface area is 115 Å². The number of anilines is 1. The maximum Gasteiger partial charge on any atom is 0.133 e. The molecule has 2 aromatic rings. The molecular formula is C14H14BrNO2. The van der Waals surface area contributed by atoms with Gasteiger partial charge in [0, 0.05) is 11.8 Å². The Morgan fingerprint density at radius 1 is 0.944 bits per heavy atom. The fourth-order valence-electron chi connectivity index (χ4n) is 1.48. The summed E-state index contributed by atoms with van der Waals surface area (Å²) in [6.45, 7) is 0.961. The lowest BCUT2D eigenvalue weighted by Gasteiger charge is -2.09. The number of benzene rings is 2. The molecule has 0 saturated carbocycles. The van der Waals surface area contributed by atoms with Gasteiger partial charge in [0.2, 0.25) is 0 Å². The van der Waals surface area contributed by atoms with E-state index in [9.17, 15) is 0 Å². The largest absolute Gasteiger partial charge is 0.490 e. The summed E-state index contributed by atoms with van der Waals surface area (Å²) in [6, 6.07) is 15.1. The van der Waals surface area contributed by atoms with Gasteiger partial charge < -0.3 is 15.2 Å². The van der Waals surface area contributed by atoms with Crippen LogP contribution in [0.5, 0.6) is 11.5 Å². The van der Waals surface area contributed by atoms with Crippen LogP contribution in [0.15, 0.2) is 53.0 Å². The molecule has 0 heterocycles. The highest BCUT2D eigenvalue weighted by Gasteiger charge is 1.99. The van der Waals surface area contributed by atoms with Gasteiger partial charge in [0.05, 0.1) is 4.47 Å². The topological polar surface area (TPSA) is 44.5 Å². The Kier molecular flexibility index (Phi) is 4.47. The first-order valence-corrected chi connectivity index (χ1v) is 6.40. The Morgan fingerprint density at radius 3 is 2.50 bits per heavy atom. The number of halogens is 1. The van der Waals surface area contributed by atoms with E-state index in [1.165, 1.54) is 0 Å². The van der Waals surface area contributed by atoms with Gasteiger partial charge in [-0.2, -0.15) is 0 Å². The zero-order chi connectivity index (χ0) is 12.8. The molecule has 2 N–H and O–H groups in total. The zero-order valence-electron chi connectivity index (χ0n) is 9.80. The van der Waals surface area contributed by atoms with E-state index in [1.54, 1.807) is 6.07 Å². The van der Waals surface area contributed by atoms with Crippen molar-refractivity contribution in [1.82, 2.24) is 0 Å². The third kappa shape index (κ3) is 3.67. The predicted molar refractivity (Wildman–Crippen MR) is 76.0 cm³/mol. The van der Waals surface area contributed by atoms with E-state index in [1.807, 2.05) is 42.5 Å². The average Bonchev–Trinajstić information content (AvgIpc) is 2.37. The number of nitrogens with two attached hydrogens (primary N) is 1. The van der Waals surface area contributed by atoms with Crippen LogP contribution < -0.4 is 15.2 Å². The van der Waals surface area contributed by atoms with Gasteiger partial charge in [-0.1, -0.05) is 18.2 Å². The van der Waals surface area contributed by atoms with Gasteiger partial charge in [-0.05, 0) is 40.2 Å². The van der Waals surface area contributed by atoms with Crippen molar-refractivity contribution in [1.29, 1.82) is 0 Å². The summed E-state index contributed by atoms with van der Waals surface area (Å²) in [5.74, 6) is 1.57. The van der Waals surface area contributed by atoms with E-state index < -0.39 is 0 Å². The monoisotopic (exact) mass is 307 g/mol. The number of para-hydroxylation sites is 1. The molecule has 0 aliphatic carbocycles. The van der Waals surface area contributed by atoms with Crippen LogP contribution in [0.4, 0.5) is 5.69 Å². The Hall–Kier alpha value is -1.68. The summed E-state index contributed by atoms with van der Waals surface area (Å²) in [7, 11) is 0. The third-order valence-electron chi connectivity index (χ3n) is 2.30. The van der Waals surface area contributed by atoms with E-state index in [0.717, 1.165) is 16.0 Å². The smallest absolute Gasteiger partial charge is 0.133 e. The van der Waals surface area contributed by atoms with Gasteiger partial charge in [-0.25, -0.2) is 0 Å². The normalized spacial score (nSPS) is 10.1. The second kappa shape index (κ2) is 6.31. The lowest BCUT2D eigenvalue weighted by Crippen LogP contribution is -2.09. The molecule has 0 amide bonds. The van der Waals surface area contributed by atoms with Crippen molar-refractivity contribution in [3.05, 3.63) is 53.0 Å². The zero-order valence-corrected chi connectivity index (χ0v) is 11.4. The van der Waals surface area contributed by atoms with Gasteiger partial charge in [-0.3, -0.25) is 0 Å². The second-order valence-corrected chi connectivity index (χ2v) is 4.55. The SMILES string of the molecule is Nc1cccc(OCCOc2ccccc2Br)c1. The van der Waals surface area contributed by atoms with Crippen LogP contribution in [-0.4, -0.2) is 13.2 Å². The molecule has 0 aromatic heterocycles. The van der Waals surface area contributed by atoms with Crippen LogP contribution in [0.1, 0.15) is 0 Å². The van der Waals surface area contributed by atoms with Gasteiger partial charge in [0.25, 0.3) is 0 Å². The molecule has 2 rings (SSSR count). The van der Waals surface area contributed by atoms with Crippen molar-refractivity contribution >= 4 is 21.6 Å². The Balaban J connectivity index is 1.78. The Bertz CT molecular complexity index is 517. The van der Waals surface area contributed by atoms with E-state index in [2.05, 4.69) is 15.9 Å². The van der Waals surface area contributed by atoms with Crippen molar-refractivity contribution < 1.29 is 9.47 Å². The van der Waals surface area contributed by atoms with Crippen molar-refractivity contribution in [2.75, 3.05) is 18.9 Å². The molecule has 3 nitrogen and oxygen atoms in total. The maximum atomic E-state index is 5.66. The van der Waals surface area contributed by atoms with Crippen LogP contribution in [0, 0.1) is 0 Å². The van der Waals surface area contributed by atoms with Crippen LogP contribution in [0.2, 0.25) is 0 Å². The first kappa shape index (κ1) is 12.8. The molecular weight excluding hydrogens is 294 g/mol. The molecule has 0 saturated heterocycles. The maximum absolute atomic E-state index is 5.66. The summed E-state index contributed by atoms with van der Waals surface area (Å²) < 4.78 is 12.1. The molecule has 0 bridgehead atoms. The number of rotatable bonds is 5. The molecule has 0 aliphatic heterocycles. The molecule has 0 unspecified atom stereocenters. The van der Waals surface area contributed by atoms with E-state index >= 15 is 0 Å². The van der Waals surface area contributed by atoms with Gasteiger partial charge in [-0.15, -0.1) is 0 Å². The fraction of sp³-hybridized carbons (Fsp3) is 0.143. The molecule has 2 aromatic carbocycles. The van der Waals surface area contributed by atoms with Crippen LogP contribution >= 0.6 is 15.9 Å². The summed E-state index contributed by atoms with van der Waals surface area (Å²) in [5, 5.41) is 0. The fourth-order valence-corrected chi connectivity index (χ4v) is 1.88. The lowest BCUT2D eigenvalue weighted by atomic mass is 10.3. The van der Waals surface area contributed by atoms with Crippen molar-refractivity contribution in [3.63, 3.8) is 0 Å². The van der Waals surface area contributed by atoms with Gasteiger partial charge in [0.15, 0.2) is 0 Å². The molecule has 0 spiro atoms. The molecule has 0 aliphatic rings. The minimum atomic E-state index is 0.477. The van der Waals surface area contributed by atoms with E-state index in [0.29, 0.717) is 18.9 Å². The highest BCUT2D eigenvalue weighted by molar-refractivity contribution is 9.10. The quantitative estimate of drug-likeness (QED) is 0.679. The average molecular weight is 308 g/mol. The standard InChI is InChI=1S/C14H14BrNO2/c15-13-6-1-2-7-14(13)18-9-8-17-12-5-3-4-11(16)10-12/h1-7,10H,8-9,16H2. The highest BCUT2D eigenvalue weighted by Crippen LogP contribution is 2.23. The van der Waals surface area contributed by atoms with Crippen LogP contribution in [0.25, 0.3) is 0 Å². The number of nitrogen functional groups attached to an aromatic ring is 1. The third-order valence-corrected chi connectivity index (χ3v) is 2.96. The van der Waals surface area contributed by atoms with Crippen molar-refractivity contribution in [2.45, 2.75) is 0 Å². The number of ether oxygens (including phenoxy) is 2. The highest BCUT2D eigenvalue weighted by atomic mass is 79.9. The summed E-state index contributed by atoms with van der Waals surface area (Å²) >= 11 is 3.42. The second-order valence-electron chi connectivity index (χ2n) is 3.70. The molecule has 0 radical (unpaired) electrons. The molecule has 18 heavy (non-hydrogen) atoms. The van der Waals surface area contributed by atoms with Crippen LogP contribution in [0.3, 0.4) is 0 Å². The summed E-state index contributed by atoms with van der Waals surface area (Å²) in [4.78, 5) is 0.